The zero-order chi connectivity index (χ0) is 15.5. The Morgan fingerprint density at radius 2 is 2.13 bits per heavy atom. The Morgan fingerprint density at radius 1 is 1.22 bits per heavy atom. The van der Waals surface area contributed by atoms with Gasteiger partial charge in [0.05, 0.1) is 5.71 Å². The van der Waals surface area contributed by atoms with E-state index in [1.807, 2.05) is 18.5 Å². The molecule has 4 heteroatoms. The number of hydrogen-bond donors (Lipinski definition) is 0. The molecule has 4 nitrogen and oxygen atoms in total. The molecule has 3 aliphatic rings. The second kappa shape index (κ2) is 6.60. The zero-order valence-electron chi connectivity index (χ0n) is 13.9. The quantitative estimate of drug-likeness (QED) is 0.855. The molecule has 1 saturated heterocycles. The van der Waals surface area contributed by atoms with Crippen LogP contribution < -0.4 is 0 Å². The van der Waals surface area contributed by atoms with Crippen molar-refractivity contribution in [2.24, 2.45) is 11.1 Å². The van der Waals surface area contributed by atoms with Gasteiger partial charge in [-0.2, -0.15) is 0 Å². The Hall–Kier alpha value is -1.42. The molecular formula is C19H27N3O. The molecule has 0 amide bonds. The van der Waals surface area contributed by atoms with E-state index in [1.54, 1.807) is 0 Å². The van der Waals surface area contributed by atoms with Crippen molar-refractivity contribution < 1.29 is 4.84 Å². The molecule has 1 aromatic rings. The van der Waals surface area contributed by atoms with Crippen LogP contribution in [0.1, 0.15) is 56.9 Å². The van der Waals surface area contributed by atoms with Crippen LogP contribution in [0.2, 0.25) is 0 Å². The van der Waals surface area contributed by atoms with E-state index in [0.29, 0.717) is 0 Å². The number of piperidine rings is 1. The van der Waals surface area contributed by atoms with Crippen LogP contribution in [0.4, 0.5) is 0 Å². The van der Waals surface area contributed by atoms with Crippen molar-refractivity contribution in [3.63, 3.8) is 0 Å². The molecule has 23 heavy (non-hydrogen) atoms. The summed E-state index contributed by atoms with van der Waals surface area (Å²) in [6.45, 7) is 3.52. The van der Waals surface area contributed by atoms with Crippen molar-refractivity contribution in [3.05, 3.63) is 30.1 Å². The van der Waals surface area contributed by atoms with Crippen LogP contribution in [-0.2, 0) is 4.84 Å². The Kier molecular flexibility index (Phi) is 4.34. The standard InChI is InChI=1S/C19H27N3O/c1-2-6-16(7-3-1)14-22-11-5-9-19(15-22)12-18(21-23-19)17-8-4-10-20-13-17/h4,8,10,13,16H,1-3,5-7,9,11-12,14-15H2. The first-order chi connectivity index (χ1) is 11.3. The molecule has 2 aliphatic heterocycles. The predicted molar refractivity (Wildman–Crippen MR) is 91.5 cm³/mol. The second-order valence-corrected chi connectivity index (χ2v) is 7.57. The van der Waals surface area contributed by atoms with E-state index in [2.05, 4.69) is 21.1 Å². The molecule has 1 aromatic heterocycles. The molecule has 4 rings (SSSR count). The van der Waals surface area contributed by atoms with E-state index in [9.17, 15) is 0 Å². The number of pyridine rings is 1. The van der Waals surface area contributed by atoms with Gasteiger partial charge in [-0.1, -0.05) is 24.4 Å². The van der Waals surface area contributed by atoms with Crippen LogP contribution in [0.3, 0.4) is 0 Å². The molecule has 1 aliphatic carbocycles. The summed E-state index contributed by atoms with van der Waals surface area (Å²) in [6.07, 6.45) is 14.1. The van der Waals surface area contributed by atoms with Gasteiger partial charge in [-0.25, -0.2) is 0 Å². The maximum absolute atomic E-state index is 5.99. The lowest BCUT2D eigenvalue weighted by Crippen LogP contribution is -2.49. The minimum Gasteiger partial charge on any atom is -0.387 e. The summed E-state index contributed by atoms with van der Waals surface area (Å²) in [6, 6.07) is 4.05. The minimum atomic E-state index is -0.0852. The van der Waals surface area contributed by atoms with Crippen LogP contribution in [0.25, 0.3) is 0 Å². The number of oxime groups is 1. The predicted octanol–water partition coefficient (Wildman–Crippen LogP) is 3.62. The van der Waals surface area contributed by atoms with E-state index in [1.165, 1.54) is 51.6 Å². The topological polar surface area (TPSA) is 37.7 Å². The summed E-state index contributed by atoms with van der Waals surface area (Å²) >= 11 is 0. The molecule has 124 valence electrons. The molecule has 0 N–H and O–H groups in total. The number of aromatic nitrogens is 1. The molecule has 1 saturated carbocycles. The Bertz CT molecular complexity index is 553. The van der Waals surface area contributed by atoms with Crippen molar-refractivity contribution in [1.82, 2.24) is 9.88 Å². The van der Waals surface area contributed by atoms with Gasteiger partial charge in [0, 0.05) is 37.5 Å². The molecule has 1 unspecified atom stereocenters. The van der Waals surface area contributed by atoms with Crippen LogP contribution >= 0.6 is 0 Å². The van der Waals surface area contributed by atoms with E-state index < -0.39 is 0 Å². The highest BCUT2D eigenvalue weighted by atomic mass is 16.7. The summed E-state index contributed by atoms with van der Waals surface area (Å²) < 4.78 is 0. The Morgan fingerprint density at radius 3 is 2.96 bits per heavy atom. The number of nitrogens with zero attached hydrogens (tertiary/aromatic N) is 3. The van der Waals surface area contributed by atoms with Crippen LogP contribution in [0.15, 0.2) is 29.7 Å². The summed E-state index contributed by atoms with van der Waals surface area (Å²) in [5.41, 5.74) is 2.09. The van der Waals surface area contributed by atoms with Crippen LogP contribution in [-0.4, -0.2) is 40.8 Å². The molecule has 0 radical (unpaired) electrons. The zero-order valence-corrected chi connectivity index (χ0v) is 13.9. The first-order valence-electron chi connectivity index (χ1n) is 9.21. The lowest BCUT2D eigenvalue weighted by atomic mass is 9.85. The summed E-state index contributed by atoms with van der Waals surface area (Å²) in [5, 5.41) is 4.41. The van der Waals surface area contributed by atoms with Crippen molar-refractivity contribution >= 4 is 5.71 Å². The van der Waals surface area contributed by atoms with Crippen molar-refractivity contribution in [2.45, 2.75) is 57.0 Å². The van der Waals surface area contributed by atoms with Crippen LogP contribution in [0.5, 0.6) is 0 Å². The van der Waals surface area contributed by atoms with E-state index in [0.717, 1.165) is 36.6 Å². The lowest BCUT2D eigenvalue weighted by Gasteiger charge is -2.40. The van der Waals surface area contributed by atoms with Gasteiger partial charge in [0.25, 0.3) is 0 Å². The third-order valence-electron chi connectivity index (χ3n) is 5.69. The van der Waals surface area contributed by atoms with Gasteiger partial charge in [-0.15, -0.1) is 0 Å². The molecule has 3 heterocycles. The number of hydrogen-bond acceptors (Lipinski definition) is 4. The van der Waals surface area contributed by atoms with Gasteiger partial charge in [-0.05, 0) is 50.3 Å². The highest BCUT2D eigenvalue weighted by Crippen LogP contribution is 2.36. The third-order valence-corrected chi connectivity index (χ3v) is 5.69. The fraction of sp³-hybridized carbons (Fsp3) is 0.684. The normalized spacial score (nSPS) is 29.5. The molecule has 1 spiro atoms. The largest absolute Gasteiger partial charge is 0.387 e. The molecule has 1 atom stereocenters. The highest BCUT2D eigenvalue weighted by Gasteiger charge is 2.43. The van der Waals surface area contributed by atoms with Gasteiger partial charge >= 0.3 is 0 Å². The minimum absolute atomic E-state index is 0.0852. The molecule has 0 bridgehead atoms. The maximum Gasteiger partial charge on any atom is 0.156 e. The van der Waals surface area contributed by atoms with Gasteiger partial charge in [0.2, 0.25) is 0 Å². The Balaban J connectivity index is 1.38. The summed E-state index contributed by atoms with van der Waals surface area (Å²) in [5.74, 6) is 0.902. The average molecular weight is 313 g/mol. The fourth-order valence-corrected chi connectivity index (χ4v) is 4.51. The van der Waals surface area contributed by atoms with Gasteiger partial charge < -0.3 is 4.84 Å². The van der Waals surface area contributed by atoms with Crippen LogP contribution in [0, 0.1) is 5.92 Å². The summed E-state index contributed by atoms with van der Waals surface area (Å²) in [7, 11) is 0. The second-order valence-electron chi connectivity index (χ2n) is 7.57. The van der Waals surface area contributed by atoms with Crippen molar-refractivity contribution in [3.8, 4) is 0 Å². The van der Waals surface area contributed by atoms with Crippen molar-refractivity contribution in [2.75, 3.05) is 19.6 Å². The Labute approximate surface area is 138 Å². The fourth-order valence-electron chi connectivity index (χ4n) is 4.51. The first kappa shape index (κ1) is 15.1. The van der Waals surface area contributed by atoms with Gasteiger partial charge in [0.15, 0.2) is 5.60 Å². The number of rotatable bonds is 3. The first-order valence-corrected chi connectivity index (χ1v) is 9.21. The average Bonchev–Trinajstić information content (AvgIpc) is 3.00. The maximum atomic E-state index is 5.99. The number of likely N-dealkylation sites (tertiary alicyclic amines) is 1. The molecular weight excluding hydrogens is 286 g/mol. The van der Waals surface area contributed by atoms with E-state index >= 15 is 0 Å². The SMILES string of the molecule is c1cncc(C2=NOC3(CCCN(CC4CCCCC4)C3)C2)c1. The lowest BCUT2D eigenvalue weighted by molar-refractivity contribution is -0.0718. The molecule has 2 fully saturated rings. The monoisotopic (exact) mass is 313 g/mol. The smallest absolute Gasteiger partial charge is 0.156 e. The van der Waals surface area contributed by atoms with E-state index in [-0.39, 0.29) is 5.60 Å². The van der Waals surface area contributed by atoms with E-state index in [4.69, 9.17) is 4.84 Å². The third kappa shape index (κ3) is 3.42. The highest BCUT2D eigenvalue weighted by molar-refractivity contribution is 6.01. The van der Waals surface area contributed by atoms with Gasteiger partial charge in [-0.3, -0.25) is 9.88 Å². The van der Waals surface area contributed by atoms with Crippen molar-refractivity contribution in [1.29, 1.82) is 0 Å². The van der Waals surface area contributed by atoms with Gasteiger partial charge in [0.1, 0.15) is 0 Å². The molecule has 0 aromatic carbocycles. The summed E-state index contributed by atoms with van der Waals surface area (Å²) in [4.78, 5) is 12.8.